The number of rotatable bonds is 4. The fourth-order valence-electron chi connectivity index (χ4n) is 3.92. The molecule has 1 amide bonds. The number of anilines is 2. The van der Waals surface area contributed by atoms with Crippen LogP contribution in [0.25, 0.3) is 21.1 Å². The number of carbonyl (C=O) groups excluding carboxylic acids is 1. The summed E-state index contributed by atoms with van der Waals surface area (Å²) in [6.45, 7) is -1.30. The molecule has 1 aromatic carbocycles. The maximum Gasteiger partial charge on any atom is 0.405 e. The van der Waals surface area contributed by atoms with Gasteiger partial charge in [0.25, 0.3) is 0 Å². The van der Waals surface area contributed by atoms with Crippen LogP contribution in [0.3, 0.4) is 0 Å². The highest BCUT2D eigenvalue weighted by atomic mass is 32.1. The third kappa shape index (κ3) is 3.92. The zero-order valence-corrected chi connectivity index (χ0v) is 16.9. The molecule has 4 aromatic rings. The van der Waals surface area contributed by atoms with Crippen molar-refractivity contribution in [2.24, 2.45) is 5.92 Å². The predicted octanol–water partition coefficient (Wildman–Crippen LogP) is 4.09. The molecular weight excluding hydrogens is 429 g/mol. The zero-order chi connectivity index (χ0) is 21.6. The molecule has 0 fully saturated rings. The standard InChI is InChI=1S/C20H17F3N6OS/c21-20(22,23)8-24-18(30)10-1-3-13-15(6-10)31-19-16(13)17(25-9-26-19)28-12-2-4-14-11(5-12)7-27-29-14/h2,4-5,7,9-10H,1,3,6,8H2,(H,24,30)(H,27,29)(H,25,26,28). The molecule has 0 spiro atoms. The lowest BCUT2D eigenvalue weighted by molar-refractivity contribution is -0.141. The van der Waals surface area contributed by atoms with Crippen molar-refractivity contribution >= 4 is 49.9 Å². The Kier molecular flexibility index (Phi) is 4.77. The third-order valence-corrected chi connectivity index (χ3v) is 6.54. The Bertz CT molecular complexity index is 1280. The summed E-state index contributed by atoms with van der Waals surface area (Å²) in [5.74, 6) is -0.362. The molecule has 1 aliphatic carbocycles. The van der Waals surface area contributed by atoms with Crippen LogP contribution in [-0.2, 0) is 17.6 Å². The van der Waals surface area contributed by atoms with Gasteiger partial charge in [0.05, 0.1) is 17.1 Å². The fourth-order valence-corrected chi connectivity index (χ4v) is 5.18. The summed E-state index contributed by atoms with van der Waals surface area (Å²) >= 11 is 1.46. The highest BCUT2D eigenvalue weighted by molar-refractivity contribution is 7.19. The zero-order valence-electron chi connectivity index (χ0n) is 16.1. The second-order valence-electron chi connectivity index (χ2n) is 7.48. The van der Waals surface area contributed by atoms with Crippen LogP contribution in [0, 0.1) is 5.92 Å². The Hall–Kier alpha value is -3.21. The number of nitrogens with one attached hydrogen (secondary N) is 3. The molecule has 0 bridgehead atoms. The first kappa shape index (κ1) is 19.7. The van der Waals surface area contributed by atoms with Gasteiger partial charge in [-0.25, -0.2) is 9.97 Å². The van der Waals surface area contributed by atoms with E-state index in [0.717, 1.165) is 37.2 Å². The molecule has 3 N–H and O–H groups in total. The van der Waals surface area contributed by atoms with Crippen LogP contribution < -0.4 is 10.6 Å². The lowest BCUT2D eigenvalue weighted by Crippen LogP contribution is -2.39. The Balaban J connectivity index is 1.41. The molecule has 3 aromatic heterocycles. The van der Waals surface area contributed by atoms with Gasteiger partial charge in [-0.15, -0.1) is 11.3 Å². The Morgan fingerprint density at radius 2 is 2.16 bits per heavy atom. The number of hydrogen-bond acceptors (Lipinski definition) is 6. The highest BCUT2D eigenvalue weighted by Gasteiger charge is 2.32. The van der Waals surface area contributed by atoms with Crippen LogP contribution in [0.4, 0.5) is 24.7 Å². The number of amides is 1. The maximum atomic E-state index is 12.4. The van der Waals surface area contributed by atoms with Gasteiger partial charge in [0.15, 0.2) is 0 Å². The monoisotopic (exact) mass is 446 g/mol. The van der Waals surface area contributed by atoms with E-state index in [1.165, 1.54) is 17.7 Å². The van der Waals surface area contributed by atoms with Crippen LogP contribution >= 0.6 is 11.3 Å². The minimum absolute atomic E-state index is 0.403. The van der Waals surface area contributed by atoms with Crippen LogP contribution in [-0.4, -0.2) is 38.8 Å². The van der Waals surface area contributed by atoms with Gasteiger partial charge in [0.2, 0.25) is 5.91 Å². The van der Waals surface area contributed by atoms with Crippen LogP contribution in [0.1, 0.15) is 16.9 Å². The second kappa shape index (κ2) is 7.49. The van der Waals surface area contributed by atoms with E-state index >= 15 is 0 Å². The average molecular weight is 446 g/mol. The van der Waals surface area contributed by atoms with Crippen molar-refractivity contribution in [3.05, 3.63) is 41.2 Å². The minimum Gasteiger partial charge on any atom is -0.347 e. The van der Waals surface area contributed by atoms with Crippen LogP contribution in [0.15, 0.2) is 30.7 Å². The van der Waals surface area contributed by atoms with E-state index in [1.807, 2.05) is 23.5 Å². The smallest absolute Gasteiger partial charge is 0.347 e. The van der Waals surface area contributed by atoms with Crippen molar-refractivity contribution in [2.45, 2.75) is 25.4 Å². The summed E-state index contributed by atoms with van der Waals surface area (Å²) in [5, 5.41) is 14.2. The van der Waals surface area contributed by atoms with Gasteiger partial charge in [-0.1, -0.05) is 0 Å². The molecular formula is C20H17F3N6OS. The summed E-state index contributed by atoms with van der Waals surface area (Å²) in [6.07, 6.45) is 0.284. The average Bonchev–Trinajstić information content (AvgIpc) is 3.35. The first-order valence-corrected chi connectivity index (χ1v) is 10.5. The normalized spacial score (nSPS) is 16.4. The van der Waals surface area contributed by atoms with E-state index in [4.69, 9.17) is 0 Å². The number of fused-ring (bicyclic) bond motifs is 4. The Morgan fingerprint density at radius 3 is 3.00 bits per heavy atom. The number of aromatic amines is 1. The van der Waals surface area contributed by atoms with Crippen molar-refractivity contribution in [2.75, 3.05) is 11.9 Å². The molecule has 5 rings (SSSR count). The molecule has 3 heterocycles. The van der Waals surface area contributed by atoms with Gasteiger partial charge in [0, 0.05) is 21.9 Å². The molecule has 0 saturated heterocycles. The van der Waals surface area contributed by atoms with Crippen LogP contribution in [0.5, 0.6) is 0 Å². The van der Waals surface area contributed by atoms with Gasteiger partial charge in [-0.2, -0.15) is 18.3 Å². The lowest BCUT2D eigenvalue weighted by atomic mass is 9.87. The maximum absolute atomic E-state index is 12.4. The van der Waals surface area contributed by atoms with Crippen LogP contribution in [0.2, 0.25) is 0 Å². The second-order valence-corrected chi connectivity index (χ2v) is 8.56. The molecule has 1 unspecified atom stereocenters. The van der Waals surface area contributed by atoms with Gasteiger partial charge in [-0.3, -0.25) is 9.89 Å². The van der Waals surface area contributed by atoms with Gasteiger partial charge >= 0.3 is 6.18 Å². The fraction of sp³-hybridized carbons (Fsp3) is 0.300. The molecule has 11 heteroatoms. The van der Waals surface area contributed by atoms with Crippen molar-refractivity contribution < 1.29 is 18.0 Å². The number of halogens is 3. The SMILES string of the molecule is O=C(NCC(F)(F)F)C1CCc2c(sc3ncnc(Nc4ccc5[nH]ncc5c4)c23)C1. The number of aryl methyl sites for hydroxylation is 1. The number of nitrogens with zero attached hydrogens (tertiary/aromatic N) is 3. The molecule has 7 nitrogen and oxygen atoms in total. The summed E-state index contributed by atoms with van der Waals surface area (Å²) < 4.78 is 37.2. The first-order valence-electron chi connectivity index (χ1n) is 9.67. The first-order chi connectivity index (χ1) is 14.9. The summed E-state index contributed by atoms with van der Waals surface area (Å²) in [7, 11) is 0. The van der Waals surface area contributed by atoms with E-state index in [0.29, 0.717) is 25.1 Å². The molecule has 0 saturated carbocycles. The van der Waals surface area contributed by atoms with Gasteiger partial charge in [0.1, 0.15) is 23.5 Å². The highest BCUT2D eigenvalue weighted by Crippen LogP contribution is 2.40. The summed E-state index contributed by atoms with van der Waals surface area (Å²) in [5.41, 5.74) is 2.85. The van der Waals surface area contributed by atoms with Crippen molar-refractivity contribution in [1.29, 1.82) is 0 Å². The third-order valence-electron chi connectivity index (χ3n) is 5.38. The molecule has 0 radical (unpaired) electrons. The molecule has 1 aliphatic rings. The minimum atomic E-state index is -4.41. The van der Waals surface area contributed by atoms with Gasteiger partial charge in [-0.05, 0) is 43.0 Å². The molecule has 31 heavy (non-hydrogen) atoms. The molecule has 0 aliphatic heterocycles. The number of thiophene rings is 1. The lowest BCUT2D eigenvalue weighted by Gasteiger charge is -2.22. The summed E-state index contributed by atoms with van der Waals surface area (Å²) in [6, 6.07) is 5.82. The topological polar surface area (TPSA) is 95.6 Å². The number of alkyl halides is 3. The number of aromatic nitrogens is 4. The Morgan fingerprint density at radius 1 is 1.29 bits per heavy atom. The van der Waals surface area contributed by atoms with E-state index in [-0.39, 0.29) is 0 Å². The van der Waals surface area contributed by atoms with E-state index in [1.54, 1.807) is 6.20 Å². The number of carbonyl (C=O) groups is 1. The van der Waals surface area contributed by atoms with Crippen molar-refractivity contribution in [1.82, 2.24) is 25.5 Å². The van der Waals surface area contributed by atoms with E-state index < -0.39 is 24.5 Å². The molecule has 160 valence electrons. The number of H-pyrrole nitrogens is 1. The predicted molar refractivity (Wildman–Crippen MR) is 111 cm³/mol. The largest absolute Gasteiger partial charge is 0.405 e. The van der Waals surface area contributed by atoms with Crippen molar-refractivity contribution in [3.8, 4) is 0 Å². The van der Waals surface area contributed by atoms with E-state index in [9.17, 15) is 18.0 Å². The molecule has 1 atom stereocenters. The Labute approximate surface area is 178 Å². The quantitative estimate of drug-likeness (QED) is 0.439. The van der Waals surface area contributed by atoms with Gasteiger partial charge < -0.3 is 10.6 Å². The van der Waals surface area contributed by atoms with E-state index in [2.05, 4.69) is 25.5 Å². The summed E-state index contributed by atoms with van der Waals surface area (Å²) in [4.78, 5) is 22.8. The van der Waals surface area contributed by atoms with Crippen molar-refractivity contribution in [3.63, 3.8) is 0 Å². The number of hydrogen-bond donors (Lipinski definition) is 3. The number of benzene rings is 1.